The van der Waals surface area contributed by atoms with E-state index in [1.165, 1.54) is 21.4 Å². The molecule has 2 aliphatic heterocycles. The van der Waals surface area contributed by atoms with Crippen molar-refractivity contribution < 1.29 is 14.3 Å². The van der Waals surface area contributed by atoms with Gasteiger partial charge in [-0.3, -0.25) is 14.2 Å². The first-order valence-electron chi connectivity index (χ1n) is 12.6. The lowest BCUT2D eigenvalue weighted by atomic mass is 10.1. The standard InChI is InChI=1S/C29H28N4O4S/c1-18-4-3-5-24(19(18)2)31-10-12-32(13-11-31)27(34)21-8-6-20(7-9-21)16-33-28(35)22-14-25-26(37-17-36-25)15-23(22)30-29(33)38/h3-9,14-15H,10-13,16-17H2,1-2H3,(H,30,38). The minimum atomic E-state index is -0.205. The first-order valence-corrected chi connectivity index (χ1v) is 13.1. The monoisotopic (exact) mass is 528 g/mol. The lowest BCUT2D eigenvalue weighted by Gasteiger charge is -2.37. The zero-order chi connectivity index (χ0) is 26.4. The van der Waals surface area contributed by atoms with E-state index >= 15 is 0 Å². The smallest absolute Gasteiger partial charge is 0.262 e. The molecule has 1 saturated heterocycles. The molecule has 9 heteroatoms. The van der Waals surface area contributed by atoms with Gasteiger partial charge in [0, 0.05) is 43.5 Å². The summed E-state index contributed by atoms with van der Waals surface area (Å²) in [5.41, 5.74) is 5.73. The fraction of sp³-hybridized carbons (Fsp3) is 0.276. The number of piperazine rings is 1. The minimum Gasteiger partial charge on any atom is -0.454 e. The molecule has 0 unspecified atom stereocenters. The number of nitrogens with one attached hydrogen (secondary N) is 1. The Bertz CT molecular complexity index is 1670. The summed E-state index contributed by atoms with van der Waals surface area (Å²) in [7, 11) is 0. The summed E-state index contributed by atoms with van der Waals surface area (Å²) in [6.45, 7) is 7.66. The highest BCUT2D eigenvalue weighted by atomic mass is 32.1. The summed E-state index contributed by atoms with van der Waals surface area (Å²) >= 11 is 5.48. The second-order valence-electron chi connectivity index (χ2n) is 9.77. The van der Waals surface area contributed by atoms with E-state index in [0.717, 1.165) is 18.7 Å². The van der Waals surface area contributed by atoms with Crippen molar-refractivity contribution >= 4 is 34.7 Å². The maximum Gasteiger partial charge on any atom is 0.262 e. The van der Waals surface area contributed by atoms with Gasteiger partial charge in [0.05, 0.1) is 17.4 Å². The minimum absolute atomic E-state index is 0.0217. The summed E-state index contributed by atoms with van der Waals surface area (Å²) in [5.74, 6) is 1.16. The molecule has 0 spiro atoms. The number of benzene rings is 3. The van der Waals surface area contributed by atoms with Crippen molar-refractivity contribution in [1.82, 2.24) is 14.5 Å². The molecule has 1 N–H and O–H groups in total. The van der Waals surface area contributed by atoms with Gasteiger partial charge in [0.1, 0.15) is 0 Å². The number of aromatic nitrogens is 2. The fourth-order valence-corrected chi connectivity index (χ4v) is 5.39. The van der Waals surface area contributed by atoms with E-state index in [4.69, 9.17) is 21.7 Å². The van der Waals surface area contributed by atoms with E-state index in [-0.39, 0.29) is 18.3 Å². The van der Waals surface area contributed by atoms with Crippen molar-refractivity contribution in [3.8, 4) is 11.5 Å². The highest BCUT2D eigenvalue weighted by molar-refractivity contribution is 7.71. The zero-order valence-electron chi connectivity index (χ0n) is 21.3. The van der Waals surface area contributed by atoms with Gasteiger partial charge in [-0.2, -0.15) is 0 Å². The summed E-state index contributed by atoms with van der Waals surface area (Å²) in [6, 6.07) is 17.2. The number of carbonyl (C=O) groups is 1. The third-order valence-corrected chi connectivity index (χ3v) is 7.82. The van der Waals surface area contributed by atoms with Gasteiger partial charge in [-0.05, 0) is 67.0 Å². The van der Waals surface area contributed by atoms with Gasteiger partial charge < -0.3 is 24.3 Å². The predicted molar refractivity (Wildman–Crippen MR) is 149 cm³/mol. The van der Waals surface area contributed by atoms with Crippen LogP contribution in [0.1, 0.15) is 27.0 Å². The van der Waals surface area contributed by atoms with Crippen LogP contribution in [0.3, 0.4) is 0 Å². The van der Waals surface area contributed by atoms with Crippen LogP contribution < -0.4 is 19.9 Å². The summed E-state index contributed by atoms with van der Waals surface area (Å²) < 4.78 is 12.7. The molecule has 1 fully saturated rings. The molecule has 3 aromatic carbocycles. The summed E-state index contributed by atoms with van der Waals surface area (Å²) in [6.07, 6.45) is 0. The molecule has 38 heavy (non-hydrogen) atoms. The van der Waals surface area contributed by atoms with Gasteiger partial charge in [-0.1, -0.05) is 24.3 Å². The zero-order valence-corrected chi connectivity index (χ0v) is 22.1. The number of aromatic amines is 1. The second kappa shape index (κ2) is 9.64. The Labute approximate surface area is 225 Å². The maximum atomic E-state index is 13.2. The van der Waals surface area contributed by atoms with Crippen molar-refractivity contribution in [1.29, 1.82) is 0 Å². The average molecular weight is 529 g/mol. The van der Waals surface area contributed by atoms with Crippen LogP contribution in [-0.2, 0) is 6.54 Å². The lowest BCUT2D eigenvalue weighted by molar-refractivity contribution is 0.0746. The number of hydrogen-bond acceptors (Lipinski definition) is 6. The van der Waals surface area contributed by atoms with Gasteiger partial charge in [0.15, 0.2) is 16.3 Å². The topological polar surface area (TPSA) is 79.8 Å². The second-order valence-corrected chi connectivity index (χ2v) is 10.2. The molecule has 3 heterocycles. The van der Waals surface area contributed by atoms with E-state index < -0.39 is 0 Å². The quantitative estimate of drug-likeness (QED) is 0.395. The molecule has 8 nitrogen and oxygen atoms in total. The van der Waals surface area contributed by atoms with Crippen LogP contribution in [-0.4, -0.2) is 53.3 Å². The molecule has 0 saturated carbocycles. The van der Waals surface area contributed by atoms with Crippen molar-refractivity contribution in [3.05, 3.63) is 92.0 Å². The highest BCUT2D eigenvalue weighted by Crippen LogP contribution is 2.34. The van der Waals surface area contributed by atoms with Gasteiger partial charge in [-0.15, -0.1) is 0 Å². The molecule has 1 aromatic heterocycles. The van der Waals surface area contributed by atoms with Gasteiger partial charge in [0.25, 0.3) is 11.5 Å². The number of rotatable bonds is 4. The fourth-order valence-electron chi connectivity index (χ4n) is 5.13. The number of carbonyl (C=O) groups excluding carboxylic acids is 1. The molecule has 4 aromatic rings. The van der Waals surface area contributed by atoms with Crippen molar-refractivity contribution in [2.75, 3.05) is 37.9 Å². The first kappa shape index (κ1) is 24.2. The van der Waals surface area contributed by atoms with Crippen LogP contribution in [0.2, 0.25) is 0 Å². The van der Waals surface area contributed by atoms with Gasteiger partial charge in [0.2, 0.25) is 6.79 Å². The molecule has 0 radical (unpaired) electrons. The van der Waals surface area contributed by atoms with Crippen LogP contribution in [0, 0.1) is 18.6 Å². The normalized spacial score (nSPS) is 14.8. The number of nitrogens with zero attached hydrogens (tertiary/aromatic N) is 3. The Hall–Kier alpha value is -4.11. The van der Waals surface area contributed by atoms with E-state index in [1.54, 1.807) is 12.1 Å². The van der Waals surface area contributed by atoms with Crippen LogP contribution >= 0.6 is 12.2 Å². The molecule has 2 aliphatic rings. The predicted octanol–water partition coefficient (Wildman–Crippen LogP) is 4.42. The van der Waals surface area contributed by atoms with Crippen LogP contribution in [0.25, 0.3) is 10.9 Å². The molecule has 6 rings (SSSR count). The molecular weight excluding hydrogens is 500 g/mol. The molecule has 0 aliphatic carbocycles. The highest BCUT2D eigenvalue weighted by Gasteiger charge is 2.23. The van der Waals surface area contributed by atoms with Gasteiger partial charge in [-0.25, -0.2) is 0 Å². The van der Waals surface area contributed by atoms with E-state index in [1.807, 2.05) is 29.2 Å². The number of ether oxygens (including phenoxy) is 2. The first-order chi connectivity index (χ1) is 18.4. The summed E-state index contributed by atoms with van der Waals surface area (Å²) in [4.78, 5) is 33.8. The summed E-state index contributed by atoms with van der Waals surface area (Å²) in [5, 5.41) is 0.481. The van der Waals surface area contributed by atoms with Crippen LogP contribution in [0.15, 0.2) is 59.4 Å². The number of amides is 1. The average Bonchev–Trinajstić information content (AvgIpc) is 3.39. The molecule has 1 amide bonds. The SMILES string of the molecule is Cc1cccc(N2CCN(C(=O)c3ccc(Cn4c(=S)[nH]c5cc6c(cc5c4=O)OCO6)cc3)CC2)c1C. The Kier molecular flexibility index (Phi) is 6.15. The van der Waals surface area contributed by atoms with Crippen LogP contribution in [0.5, 0.6) is 11.5 Å². The van der Waals surface area contributed by atoms with Crippen LogP contribution in [0.4, 0.5) is 5.69 Å². The lowest BCUT2D eigenvalue weighted by Crippen LogP contribution is -2.49. The Morgan fingerprint density at radius 3 is 2.42 bits per heavy atom. The largest absolute Gasteiger partial charge is 0.454 e. The third kappa shape index (κ3) is 4.32. The number of hydrogen-bond donors (Lipinski definition) is 1. The van der Waals surface area contributed by atoms with E-state index in [0.29, 0.717) is 52.4 Å². The Morgan fingerprint density at radius 1 is 0.974 bits per heavy atom. The van der Waals surface area contributed by atoms with Crippen molar-refractivity contribution in [2.24, 2.45) is 0 Å². The van der Waals surface area contributed by atoms with Gasteiger partial charge >= 0.3 is 0 Å². The molecule has 0 atom stereocenters. The molecular formula is C29H28N4O4S. The maximum absolute atomic E-state index is 13.2. The third-order valence-electron chi connectivity index (χ3n) is 7.50. The number of aryl methyl sites for hydroxylation is 1. The number of H-pyrrole nitrogens is 1. The van der Waals surface area contributed by atoms with Crippen molar-refractivity contribution in [2.45, 2.75) is 20.4 Å². The Morgan fingerprint density at radius 2 is 1.68 bits per heavy atom. The molecule has 194 valence electrons. The molecule has 0 bridgehead atoms. The van der Waals surface area contributed by atoms with Crippen molar-refractivity contribution in [3.63, 3.8) is 0 Å². The van der Waals surface area contributed by atoms with E-state index in [9.17, 15) is 9.59 Å². The van der Waals surface area contributed by atoms with E-state index in [2.05, 4.69) is 41.9 Å². The number of anilines is 1. The Balaban J connectivity index is 1.15. The number of fused-ring (bicyclic) bond motifs is 2.